The Hall–Kier alpha value is -2.72. The molecule has 1 N–H and O–H groups in total. The van der Waals surface area contributed by atoms with Gasteiger partial charge in [0, 0.05) is 30.2 Å². The minimum Gasteiger partial charge on any atom is -0.374 e. The van der Waals surface area contributed by atoms with Gasteiger partial charge in [0.15, 0.2) is 0 Å². The average molecular weight is 415 g/mol. The van der Waals surface area contributed by atoms with E-state index < -0.39 is 11.7 Å². The van der Waals surface area contributed by atoms with Crippen LogP contribution in [-0.2, 0) is 10.9 Å². The fraction of sp³-hybridized carbons (Fsp3) is 0.294. The number of nitrogens with zero attached hydrogens (tertiary/aromatic N) is 5. The van der Waals surface area contributed by atoms with Crippen LogP contribution in [-0.4, -0.2) is 44.0 Å². The summed E-state index contributed by atoms with van der Waals surface area (Å²) in [5, 5.41) is 9.27. The molecule has 3 rings (SSSR count). The van der Waals surface area contributed by atoms with Crippen LogP contribution in [0.2, 0.25) is 5.02 Å². The number of rotatable bonds is 5. The highest BCUT2D eigenvalue weighted by molar-refractivity contribution is 6.30. The number of alkyl halides is 3. The zero-order chi connectivity index (χ0) is 20.4. The molecule has 0 aliphatic heterocycles. The van der Waals surface area contributed by atoms with Crippen LogP contribution in [0.15, 0.2) is 54.3 Å². The van der Waals surface area contributed by atoms with Crippen molar-refractivity contribution in [2.75, 3.05) is 13.2 Å². The van der Waals surface area contributed by atoms with Crippen LogP contribution in [0.1, 0.15) is 18.9 Å². The molecule has 0 aliphatic carbocycles. The van der Waals surface area contributed by atoms with E-state index in [1.54, 1.807) is 18.6 Å². The van der Waals surface area contributed by atoms with E-state index in [1.165, 1.54) is 29.2 Å². The van der Waals surface area contributed by atoms with Crippen LogP contribution in [0.4, 0.5) is 18.9 Å². The van der Waals surface area contributed by atoms with E-state index in [-0.39, 0.29) is 17.3 Å². The lowest BCUT2D eigenvalue weighted by atomic mass is 10.1. The van der Waals surface area contributed by atoms with Crippen LogP contribution >= 0.6 is 11.6 Å². The van der Waals surface area contributed by atoms with Gasteiger partial charge in [0.25, 0.3) is 0 Å². The standard InChI is InChI=1S/C15H15ClF3N3O.C2H3N3/c1-2-7-23-9-14(22-6-5-20-10-22)21-13-4-3-11(16)8-12(13)15(17,18)19;1-2-4-5-3-1/h3-6,8,10H,2,7,9H2,1H3;1-2H,(H,3,4,5)/b21-14+;. The van der Waals surface area contributed by atoms with E-state index >= 15 is 0 Å². The molecule has 11 heteroatoms. The predicted molar refractivity (Wildman–Crippen MR) is 98.7 cm³/mol. The topological polar surface area (TPSA) is 81.0 Å². The van der Waals surface area contributed by atoms with Crippen molar-refractivity contribution in [2.24, 2.45) is 4.99 Å². The van der Waals surface area contributed by atoms with Gasteiger partial charge in [-0.15, -0.1) is 5.10 Å². The third kappa shape index (κ3) is 6.78. The molecule has 0 aliphatic rings. The van der Waals surface area contributed by atoms with Gasteiger partial charge in [0.2, 0.25) is 0 Å². The molecule has 0 radical (unpaired) electrons. The van der Waals surface area contributed by atoms with E-state index in [1.807, 2.05) is 6.92 Å². The zero-order valence-corrected chi connectivity index (χ0v) is 15.7. The summed E-state index contributed by atoms with van der Waals surface area (Å²) in [6.07, 6.45) is 4.05. The second kappa shape index (κ2) is 10.6. The van der Waals surface area contributed by atoms with Gasteiger partial charge >= 0.3 is 6.18 Å². The molecule has 0 amide bonds. The highest BCUT2D eigenvalue weighted by Gasteiger charge is 2.34. The van der Waals surface area contributed by atoms with Crippen molar-refractivity contribution in [3.8, 4) is 0 Å². The number of benzene rings is 1. The van der Waals surface area contributed by atoms with E-state index in [9.17, 15) is 13.2 Å². The van der Waals surface area contributed by atoms with Crippen molar-refractivity contribution < 1.29 is 17.9 Å². The minimum absolute atomic E-state index is 0.00249. The first kappa shape index (κ1) is 21.6. The fourth-order valence-electron chi connectivity index (χ4n) is 2.02. The molecule has 0 saturated heterocycles. The summed E-state index contributed by atoms with van der Waals surface area (Å²) in [5.41, 5.74) is -1.11. The molecule has 0 saturated carbocycles. The number of aromatic nitrogens is 5. The van der Waals surface area contributed by atoms with Crippen LogP contribution in [0.5, 0.6) is 0 Å². The van der Waals surface area contributed by atoms with Gasteiger partial charge in [-0.25, -0.2) is 9.98 Å². The molecule has 28 heavy (non-hydrogen) atoms. The number of imidazole rings is 1. The van der Waals surface area contributed by atoms with Crippen molar-refractivity contribution in [1.29, 1.82) is 0 Å². The van der Waals surface area contributed by atoms with Gasteiger partial charge < -0.3 is 4.74 Å². The number of aromatic amines is 1. The molecule has 150 valence electrons. The maximum atomic E-state index is 13.1. The number of hydrogen-bond donors (Lipinski definition) is 1. The molecule has 7 nitrogen and oxygen atoms in total. The Kier molecular flexibility index (Phi) is 8.15. The molecule has 1 aromatic carbocycles. The van der Waals surface area contributed by atoms with Crippen molar-refractivity contribution in [1.82, 2.24) is 25.0 Å². The molecule has 3 aromatic rings. The molecular formula is C17H18ClF3N6O. The highest BCUT2D eigenvalue weighted by Crippen LogP contribution is 2.38. The summed E-state index contributed by atoms with van der Waals surface area (Å²) in [6, 6.07) is 3.47. The maximum Gasteiger partial charge on any atom is 0.418 e. The fourth-order valence-corrected chi connectivity index (χ4v) is 2.19. The smallest absolute Gasteiger partial charge is 0.374 e. The third-order valence-corrected chi connectivity index (χ3v) is 3.46. The van der Waals surface area contributed by atoms with Crippen molar-refractivity contribution in [3.63, 3.8) is 0 Å². The molecule has 0 atom stereocenters. The molecular weight excluding hydrogens is 397 g/mol. The Labute approximate surface area is 164 Å². The quantitative estimate of drug-likeness (QED) is 0.382. The minimum atomic E-state index is -4.55. The zero-order valence-electron chi connectivity index (χ0n) is 14.9. The second-order valence-corrected chi connectivity index (χ2v) is 5.81. The Morgan fingerprint density at radius 3 is 2.68 bits per heavy atom. The first-order valence-electron chi connectivity index (χ1n) is 8.22. The van der Waals surface area contributed by atoms with Crippen molar-refractivity contribution in [2.45, 2.75) is 19.5 Å². The number of halogens is 4. The number of ether oxygens (including phenoxy) is 1. The number of hydrogen-bond acceptors (Lipinski definition) is 5. The van der Waals surface area contributed by atoms with Crippen LogP contribution < -0.4 is 0 Å². The lowest BCUT2D eigenvalue weighted by Gasteiger charge is -2.13. The molecule has 0 spiro atoms. The number of nitrogens with one attached hydrogen (secondary N) is 1. The Morgan fingerprint density at radius 1 is 1.32 bits per heavy atom. The summed E-state index contributed by atoms with van der Waals surface area (Å²) < 4.78 is 46.4. The molecule has 0 fully saturated rings. The maximum absolute atomic E-state index is 13.1. The summed E-state index contributed by atoms with van der Waals surface area (Å²) in [7, 11) is 0. The monoisotopic (exact) mass is 414 g/mol. The van der Waals surface area contributed by atoms with E-state index in [2.05, 4.69) is 25.4 Å². The average Bonchev–Trinajstić information content (AvgIpc) is 3.38. The molecule has 2 heterocycles. The summed E-state index contributed by atoms with van der Waals surface area (Å²) in [5.74, 6) is 0.309. The SMILES string of the molecule is CCCOC/C(=N\c1ccc(Cl)cc1C(F)(F)F)n1ccnc1.c1c[nH]nn1. The number of H-pyrrole nitrogens is 1. The van der Waals surface area contributed by atoms with E-state index in [0.717, 1.165) is 12.5 Å². The lowest BCUT2D eigenvalue weighted by molar-refractivity contribution is -0.137. The normalized spacial score (nSPS) is 11.8. The van der Waals surface area contributed by atoms with Crippen molar-refractivity contribution >= 4 is 23.1 Å². The predicted octanol–water partition coefficient (Wildman–Crippen LogP) is 4.36. The van der Waals surface area contributed by atoms with Gasteiger partial charge in [-0.3, -0.25) is 9.67 Å². The highest BCUT2D eigenvalue weighted by atomic mass is 35.5. The Morgan fingerprint density at radius 2 is 2.14 bits per heavy atom. The van der Waals surface area contributed by atoms with Crippen LogP contribution in [0.3, 0.4) is 0 Å². The lowest BCUT2D eigenvalue weighted by Crippen LogP contribution is -2.18. The summed E-state index contributed by atoms with van der Waals surface area (Å²) in [4.78, 5) is 8.00. The summed E-state index contributed by atoms with van der Waals surface area (Å²) in [6.45, 7) is 2.50. The molecule has 0 unspecified atom stereocenters. The molecule has 0 bridgehead atoms. The van der Waals surface area contributed by atoms with E-state index in [4.69, 9.17) is 16.3 Å². The van der Waals surface area contributed by atoms with Gasteiger partial charge in [-0.2, -0.15) is 13.2 Å². The van der Waals surface area contributed by atoms with Crippen molar-refractivity contribution in [3.05, 3.63) is 59.9 Å². The van der Waals surface area contributed by atoms with E-state index in [0.29, 0.717) is 12.4 Å². The van der Waals surface area contributed by atoms with Gasteiger partial charge in [0.1, 0.15) is 18.8 Å². The summed E-state index contributed by atoms with van der Waals surface area (Å²) >= 11 is 5.67. The number of aliphatic imine (C=N–C) groups is 1. The van der Waals surface area contributed by atoms with Gasteiger partial charge in [-0.1, -0.05) is 23.7 Å². The third-order valence-electron chi connectivity index (χ3n) is 3.23. The Balaban J connectivity index is 0.000000485. The van der Waals surface area contributed by atoms with Gasteiger partial charge in [-0.05, 0) is 24.6 Å². The first-order valence-corrected chi connectivity index (χ1v) is 8.60. The van der Waals surface area contributed by atoms with Crippen LogP contribution in [0.25, 0.3) is 0 Å². The second-order valence-electron chi connectivity index (χ2n) is 5.37. The van der Waals surface area contributed by atoms with Gasteiger partial charge in [0.05, 0.1) is 17.4 Å². The van der Waals surface area contributed by atoms with Crippen LogP contribution in [0, 0.1) is 0 Å². The first-order chi connectivity index (χ1) is 13.4. The molecule has 2 aromatic heterocycles. The Bertz CT molecular complexity index is 833. The largest absolute Gasteiger partial charge is 0.418 e.